The fourth-order valence-corrected chi connectivity index (χ4v) is 2.71. The molecule has 1 aromatic heterocycles. The summed E-state index contributed by atoms with van der Waals surface area (Å²) >= 11 is 0. The van der Waals surface area contributed by atoms with Gasteiger partial charge in [-0.3, -0.25) is 19.8 Å². The molecule has 1 unspecified atom stereocenters. The van der Waals surface area contributed by atoms with Crippen LogP contribution in [0.3, 0.4) is 0 Å². The van der Waals surface area contributed by atoms with E-state index in [0.717, 1.165) is 10.5 Å². The minimum absolute atomic E-state index is 0.130. The molecular weight excluding hydrogens is 364 g/mol. The first-order valence-corrected chi connectivity index (χ1v) is 8.46. The lowest BCUT2D eigenvalue weighted by atomic mass is 9.92. The number of carbonyl (C=O) groups excluding carboxylic acids is 3. The third-order valence-corrected chi connectivity index (χ3v) is 4.17. The smallest absolute Gasteiger partial charge is 0.325 e. The van der Waals surface area contributed by atoms with Gasteiger partial charge in [0, 0.05) is 0 Å². The van der Waals surface area contributed by atoms with Crippen molar-refractivity contribution in [3.63, 3.8) is 0 Å². The van der Waals surface area contributed by atoms with Gasteiger partial charge in [0.15, 0.2) is 0 Å². The van der Waals surface area contributed by atoms with Crippen molar-refractivity contribution in [1.29, 1.82) is 0 Å². The quantitative estimate of drug-likeness (QED) is 0.485. The van der Waals surface area contributed by atoms with Gasteiger partial charge in [0.05, 0.1) is 0 Å². The van der Waals surface area contributed by atoms with E-state index in [0.29, 0.717) is 17.9 Å². The van der Waals surface area contributed by atoms with Crippen LogP contribution < -0.4 is 15.4 Å². The lowest BCUT2D eigenvalue weighted by Crippen LogP contribution is -2.42. The first-order chi connectivity index (χ1) is 13.3. The van der Waals surface area contributed by atoms with E-state index in [9.17, 15) is 14.4 Å². The number of aromatic nitrogens is 3. The van der Waals surface area contributed by atoms with E-state index in [2.05, 4.69) is 32.4 Å². The van der Waals surface area contributed by atoms with E-state index >= 15 is 0 Å². The summed E-state index contributed by atoms with van der Waals surface area (Å²) in [6, 6.07) is 6.17. The number of imide groups is 1. The number of nitrogens with one attached hydrogen (secondary N) is 3. The zero-order chi connectivity index (χ0) is 20.3. The molecular formula is C18H20N6O4. The highest BCUT2D eigenvalue weighted by Gasteiger charge is 2.49. The molecule has 1 saturated heterocycles. The van der Waals surface area contributed by atoms with Gasteiger partial charge in [-0.1, -0.05) is 18.7 Å². The van der Waals surface area contributed by atoms with Crippen LogP contribution in [0.25, 0.3) is 0 Å². The number of hydrogen-bond acceptors (Lipinski definition) is 6. The van der Waals surface area contributed by atoms with Gasteiger partial charge in [0.2, 0.25) is 11.9 Å². The van der Waals surface area contributed by atoms with Gasteiger partial charge in [0.1, 0.15) is 30.8 Å². The molecule has 10 nitrogen and oxygen atoms in total. The monoisotopic (exact) mass is 384 g/mol. The fourth-order valence-electron chi connectivity index (χ4n) is 2.71. The Labute approximate surface area is 161 Å². The normalized spacial score (nSPS) is 18.7. The molecule has 0 spiro atoms. The van der Waals surface area contributed by atoms with Gasteiger partial charge < -0.3 is 10.1 Å². The molecule has 4 amide bonds. The Kier molecular flexibility index (Phi) is 5.12. The Morgan fingerprint density at radius 3 is 2.64 bits per heavy atom. The molecule has 146 valence electrons. The predicted octanol–water partition coefficient (Wildman–Crippen LogP) is 1.17. The second-order valence-electron chi connectivity index (χ2n) is 6.60. The van der Waals surface area contributed by atoms with Gasteiger partial charge in [0.25, 0.3) is 5.91 Å². The minimum atomic E-state index is -1.28. The summed E-state index contributed by atoms with van der Waals surface area (Å²) in [5.74, 6) is -0.352. The number of hydrogen-bond donors (Lipinski definition) is 3. The fraction of sp³-hybridized carbons (Fsp3) is 0.278. The number of nitrogens with zero attached hydrogens (tertiary/aromatic N) is 3. The van der Waals surface area contributed by atoms with Crippen LogP contribution in [0, 0.1) is 0 Å². The molecule has 1 fully saturated rings. The van der Waals surface area contributed by atoms with E-state index in [1.165, 1.54) is 6.33 Å². The van der Waals surface area contributed by atoms with Crippen molar-refractivity contribution < 1.29 is 19.1 Å². The summed E-state index contributed by atoms with van der Waals surface area (Å²) in [7, 11) is 0. The van der Waals surface area contributed by atoms with Gasteiger partial charge in [-0.05, 0) is 37.1 Å². The summed E-state index contributed by atoms with van der Waals surface area (Å²) in [6.45, 7) is 7.16. The minimum Gasteiger partial charge on any atom is -0.489 e. The molecule has 10 heteroatoms. The SMILES string of the molecule is C=C(C)COc1ccc(C2(C)NC(=O)N(CC(=O)Nc3ncn[nH]3)C2=O)cc1. The Balaban J connectivity index is 1.70. The molecule has 3 N–H and O–H groups in total. The van der Waals surface area contributed by atoms with Crippen molar-refractivity contribution in [2.45, 2.75) is 19.4 Å². The number of rotatable bonds is 7. The van der Waals surface area contributed by atoms with Crippen LogP contribution in [0.4, 0.5) is 10.7 Å². The number of benzene rings is 1. The van der Waals surface area contributed by atoms with Crippen LogP contribution in [-0.4, -0.2) is 51.1 Å². The van der Waals surface area contributed by atoms with Crippen LogP contribution in [-0.2, 0) is 15.1 Å². The number of H-pyrrole nitrogens is 1. The number of carbonyl (C=O) groups is 3. The average Bonchev–Trinajstić information content (AvgIpc) is 3.23. The molecule has 28 heavy (non-hydrogen) atoms. The summed E-state index contributed by atoms with van der Waals surface area (Å²) in [5, 5.41) is 11.1. The van der Waals surface area contributed by atoms with E-state index in [1.54, 1.807) is 31.2 Å². The van der Waals surface area contributed by atoms with Gasteiger partial charge >= 0.3 is 6.03 Å². The zero-order valence-corrected chi connectivity index (χ0v) is 15.5. The van der Waals surface area contributed by atoms with Crippen LogP contribution in [0.2, 0.25) is 0 Å². The number of urea groups is 1. The largest absolute Gasteiger partial charge is 0.489 e. The van der Waals surface area contributed by atoms with Crippen molar-refractivity contribution in [1.82, 2.24) is 25.4 Å². The molecule has 0 aliphatic carbocycles. The van der Waals surface area contributed by atoms with Crippen molar-refractivity contribution in [3.05, 3.63) is 48.3 Å². The number of ether oxygens (including phenoxy) is 1. The molecule has 1 aliphatic rings. The third-order valence-electron chi connectivity index (χ3n) is 4.17. The highest BCUT2D eigenvalue weighted by molar-refractivity contribution is 6.10. The summed E-state index contributed by atoms with van der Waals surface area (Å²) in [5.41, 5.74) is 0.177. The molecule has 1 atom stereocenters. The molecule has 2 heterocycles. The van der Waals surface area contributed by atoms with E-state index < -0.39 is 29.9 Å². The second kappa shape index (κ2) is 7.51. The van der Waals surface area contributed by atoms with Crippen molar-refractivity contribution in [2.75, 3.05) is 18.5 Å². The average molecular weight is 384 g/mol. The Morgan fingerprint density at radius 2 is 2.04 bits per heavy atom. The van der Waals surface area contributed by atoms with Crippen molar-refractivity contribution in [3.8, 4) is 5.75 Å². The van der Waals surface area contributed by atoms with Crippen LogP contribution in [0.1, 0.15) is 19.4 Å². The Hall–Kier alpha value is -3.69. The zero-order valence-electron chi connectivity index (χ0n) is 15.5. The van der Waals surface area contributed by atoms with Crippen LogP contribution >= 0.6 is 0 Å². The lowest BCUT2D eigenvalue weighted by molar-refractivity contribution is -0.133. The molecule has 2 aromatic rings. The van der Waals surface area contributed by atoms with Crippen LogP contribution in [0.15, 0.2) is 42.7 Å². The Bertz CT molecular complexity index is 909. The van der Waals surface area contributed by atoms with Gasteiger partial charge in [-0.15, -0.1) is 0 Å². The predicted molar refractivity (Wildman–Crippen MR) is 99.4 cm³/mol. The molecule has 0 radical (unpaired) electrons. The second-order valence-corrected chi connectivity index (χ2v) is 6.60. The maximum atomic E-state index is 12.9. The maximum absolute atomic E-state index is 12.9. The summed E-state index contributed by atoms with van der Waals surface area (Å²) in [6.07, 6.45) is 1.23. The molecule has 3 rings (SSSR count). The van der Waals surface area contributed by atoms with Crippen LogP contribution in [0.5, 0.6) is 5.75 Å². The number of aromatic amines is 1. The van der Waals surface area contributed by atoms with Gasteiger partial charge in [-0.2, -0.15) is 10.1 Å². The number of anilines is 1. The van der Waals surface area contributed by atoms with Crippen molar-refractivity contribution >= 4 is 23.8 Å². The highest BCUT2D eigenvalue weighted by atomic mass is 16.5. The van der Waals surface area contributed by atoms with Gasteiger partial charge in [-0.25, -0.2) is 9.89 Å². The first kappa shape index (κ1) is 19.1. The highest BCUT2D eigenvalue weighted by Crippen LogP contribution is 2.30. The molecule has 0 bridgehead atoms. The first-order valence-electron chi connectivity index (χ1n) is 8.46. The lowest BCUT2D eigenvalue weighted by Gasteiger charge is -2.22. The summed E-state index contributed by atoms with van der Waals surface area (Å²) in [4.78, 5) is 41.9. The Morgan fingerprint density at radius 1 is 1.32 bits per heavy atom. The molecule has 1 aliphatic heterocycles. The maximum Gasteiger partial charge on any atom is 0.325 e. The van der Waals surface area contributed by atoms with E-state index in [1.807, 2.05) is 6.92 Å². The van der Waals surface area contributed by atoms with E-state index in [-0.39, 0.29) is 5.95 Å². The number of amides is 4. The molecule has 0 saturated carbocycles. The third kappa shape index (κ3) is 3.85. The summed E-state index contributed by atoms with van der Waals surface area (Å²) < 4.78 is 5.54. The van der Waals surface area contributed by atoms with Crippen molar-refractivity contribution in [2.24, 2.45) is 0 Å². The topological polar surface area (TPSA) is 129 Å². The van der Waals surface area contributed by atoms with E-state index in [4.69, 9.17) is 4.74 Å². The standard InChI is InChI=1S/C18H20N6O4/c1-11(2)9-28-13-6-4-12(5-7-13)18(3)15(26)24(17(27)22-18)8-14(25)21-16-19-10-20-23-16/h4-7,10H,1,8-9H2,2-3H3,(H,22,27)(H2,19,20,21,23,25). The molecule has 1 aromatic carbocycles.